The molecule has 1 unspecified atom stereocenters. The van der Waals surface area contributed by atoms with E-state index >= 15 is 0 Å². The Morgan fingerprint density at radius 2 is 1.90 bits per heavy atom. The van der Waals surface area contributed by atoms with Crippen LogP contribution in [0.5, 0.6) is 0 Å². The summed E-state index contributed by atoms with van der Waals surface area (Å²) in [4.78, 5) is 10.4. The lowest BCUT2D eigenvalue weighted by Gasteiger charge is -2.23. The summed E-state index contributed by atoms with van der Waals surface area (Å²) in [7, 11) is 5.32. The molecule has 1 rings (SSSR count). The first kappa shape index (κ1) is 18.2. The van der Waals surface area contributed by atoms with Crippen molar-refractivity contribution in [1.29, 1.82) is 0 Å². The third-order valence-corrected chi connectivity index (χ3v) is 4.15. The molecule has 2 radical (unpaired) electrons. The molecule has 0 aromatic heterocycles. The van der Waals surface area contributed by atoms with Crippen molar-refractivity contribution >= 4 is 13.8 Å². The number of hydrogen-bond acceptors (Lipinski definition) is 4. The lowest BCUT2D eigenvalue weighted by Crippen LogP contribution is -2.23. The van der Waals surface area contributed by atoms with E-state index < -0.39 is 24.2 Å². The van der Waals surface area contributed by atoms with Gasteiger partial charge in [0, 0.05) is 12.4 Å². The number of rotatable bonds is 9. The minimum atomic E-state index is -0.887. The molecular formula is C15H25BO5. The highest BCUT2D eigenvalue weighted by Crippen LogP contribution is 2.38. The van der Waals surface area contributed by atoms with Crippen LogP contribution in [0, 0.1) is 11.8 Å². The summed E-state index contributed by atoms with van der Waals surface area (Å²) >= 11 is 0. The molecule has 0 saturated heterocycles. The molecule has 21 heavy (non-hydrogen) atoms. The number of carboxylic acid groups (broad SMARTS) is 1. The van der Waals surface area contributed by atoms with Gasteiger partial charge in [0.2, 0.25) is 0 Å². The first-order valence-corrected chi connectivity index (χ1v) is 7.58. The third-order valence-electron chi connectivity index (χ3n) is 4.15. The summed E-state index contributed by atoms with van der Waals surface area (Å²) in [5.74, 6) is -0.880. The minimum absolute atomic E-state index is 0.0329. The van der Waals surface area contributed by atoms with Gasteiger partial charge < -0.3 is 20.4 Å². The van der Waals surface area contributed by atoms with E-state index in [2.05, 4.69) is 0 Å². The zero-order chi connectivity index (χ0) is 15.8. The van der Waals surface area contributed by atoms with E-state index in [9.17, 15) is 15.0 Å². The van der Waals surface area contributed by atoms with Gasteiger partial charge in [-0.1, -0.05) is 12.2 Å². The van der Waals surface area contributed by atoms with Gasteiger partial charge in [0.25, 0.3) is 0 Å². The molecule has 0 spiro atoms. The Hall–Kier alpha value is -0.845. The van der Waals surface area contributed by atoms with Crippen LogP contribution < -0.4 is 0 Å². The molecule has 1 fully saturated rings. The number of unbranched alkanes of at least 4 members (excludes halogenated alkanes) is 1. The summed E-state index contributed by atoms with van der Waals surface area (Å²) in [5.41, 5.74) is 0. The zero-order valence-electron chi connectivity index (χ0n) is 12.3. The van der Waals surface area contributed by atoms with E-state index in [0.717, 1.165) is 0 Å². The maximum atomic E-state index is 10.4. The minimum Gasteiger partial charge on any atom is -0.481 e. The molecular weight excluding hydrogens is 271 g/mol. The molecule has 1 aliphatic rings. The lowest BCUT2D eigenvalue weighted by molar-refractivity contribution is -0.137. The highest BCUT2D eigenvalue weighted by Gasteiger charge is 2.40. The van der Waals surface area contributed by atoms with E-state index in [-0.39, 0.29) is 18.3 Å². The van der Waals surface area contributed by atoms with Crippen molar-refractivity contribution in [2.45, 2.75) is 63.2 Å². The van der Waals surface area contributed by atoms with E-state index in [4.69, 9.17) is 18.1 Å². The summed E-state index contributed by atoms with van der Waals surface area (Å²) in [6.45, 7) is 0. The predicted molar refractivity (Wildman–Crippen MR) is 79.8 cm³/mol. The standard InChI is InChI=1S/C15H25BO5/c16-14(19)8-7-11-10(12(17)9-13(11)18)5-3-1-2-4-6-15(20)21/h1,3,10-14,17-19H,2,4-9H2,(H,20,21)/b3-1-/t10-,11-,12+,13-,14?/m1/s1. The fourth-order valence-corrected chi connectivity index (χ4v) is 3.01. The van der Waals surface area contributed by atoms with Crippen LogP contribution in [0.1, 0.15) is 44.9 Å². The Morgan fingerprint density at radius 1 is 1.24 bits per heavy atom. The second-order valence-corrected chi connectivity index (χ2v) is 5.84. The van der Waals surface area contributed by atoms with E-state index in [0.29, 0.717) is 38.5 Å². The van der Waals surface area contributed by atoms with Gasteiger partial charge in [0.15, 0.2) is 0 Å². The fraction of sp³-hybridized carbons (Fsp3) is 0.800. The van der Waals surface area contributed by atoms with Crippen LogP contribution in [0.25, 0.3) is 0 Å². The molecule has 0 aliphatic heterocycles. The van der Waals surface area contributed by atoms with Crippen molar-refractivity contribution in [1.82, 2.24) is 0 Å². The van der Waals surface area contributed by atoms with Gasteiger partial charge in [-0.3, -0.25) is 4.79 Å². The van der Waals surface area contributed by atoms with E-state index in [1.807, 2.05) is 12.2 Å². The second kappa shape index (κ2) is 9.23. The summed E-state index contributed by atoms with van der Waals surface area (Å²) in [5, 5.41) is 37.6. The van der Waals surface area contributed by atoms with Crippen molar-refractivity contribution < 1.29 is 25.2 Å². The van der Waals surface area contributed by atoms with Gasteiger partial charge in [0.05, 0.1) is 12.2 Å². The molecule has 1 aliphatic carbocycles. The highest BCUT2D eigenvalue weighted by atomic mass is 16.4. The van der Waals surface area contributed by atoms with E-state index in [1.165, 1.54) is 0 Å². The van der Waals surface area contributed by atoms with Gasteiger partial charge in [-0.05, 0) is 50.4 Å². The molecule has 1 saturated carbocycles. The zero-order valence-corrected chi connectivity index (χ0v) is 12.3. The third kappa shape index (κ3) is 6.63. The molecule has 0 aromatic rings. The van der Waals surface area contributed by atoms with Gasteiger partial charge in [-0.15, -0.1) is 0 Å². The number of carbonyl (C=O) groups is 1. The van der Waals surface area contributed by atoms with Crippen LogP contribution in [-0.2, 0) is 4.79 Å². The first-order chi connectivity index (χ1) is 9.91. The van der Waals surface area contributed by atoms with Crippen LogP contribution in [0.3, 0.4) is 0 Å². The maximum absolute atomic E-state index is 10.4. The smallest absolute Gasteiger partial charge is 0.303 e. The van der Waals surface area contributed by atoms with Crippen LogP contribution in [0.15, 0.2) is 12.2 Å². The van der Waals surface area contributed by atoms with Crippen LogP contribution >= 0.6 is 0 Å². The molecule has 0 aromatic carbocycles. The first-order valence-electron chi connectivity index (χ1n) is 7.58. The maximum Gasteiger partial charge on any atom is 0.303 e. The molecule has 5 nitrogen and oxygen atoms in total. The quantitative estimate of drug-likeness (QED) is 0.287. The van der Waals surface area contributed by atoms with Gasteiger partial charge in [-0.25, -0.2) is 0 Å². The van der Waals surface area contributed by atoms with Crippen molar-refractivity contribution in [2.24, 2.45) is 11.8 Å². The van der Waals surface area contributed by atoms with Crippen molar-refractivity contribution in [2.75, 3.05) is 0 Å². The SMILES string of the molecule is [B]C(O)CC[C@@H]1[C@@H](C/C=C\CCCC(=O)O)[C@@H](O)C[C@H]1O. The largest absolute Gasteiger partial charge is 0.481 e. The molecule has 5 atom stereocenters. The fourth-order valence-electron chi connectivity index (χ4n) is 3.01. The number of aliphatic carboxylic acids is 1. The van der Waals surface area contributed by atoms with Crippen LogP contribution in [0.4, 0.5) is 0 Å². The second-order valence-electron chi connectivity index (χ2n) is 5.84. The van der Waals surface area contributed by atoms with Crippen molar-refractivity contribution in [3.05, 3.63) is 12.2 Å². The number of hydrogen-bond donors (Lipinski definition) is 4. The number of allylic oxidation sites excluding steroid dienone is 2. The molecule has 118 valence electrons. The molecule has 0 amide bonds. The Bertz CT molecular complexity index is 345. The van der Waals surface area contributed by atoms with Gasteiger partial charge >= 0.3 is 5.97 Å². The molecule has 6 heteroatoms. The van der Waals surface area contributed by atoms with Crippen LogP contribution in [0.2, 0.25) is 0 Å². The van der Waals surface area contributed by atoms with Crippen molar-refractivity contribution in [3.63, 3.8) is 0 Å². The van der Waals surface area contributed by atoms with Gasteiger partial charge in [0.1, 0.15) is 7.85 Å². The highest BCUT2D eigenvalue weighted by molar-refractivity contribution is 6.10. The predicted octanol–water partition coefficient (Wildman–Crippen LogP) is 0.813. The lowest BCUT2D eigenvalue weighted by atomic mass is 9.83. The molecule has 0 heterocycles. The molecule has 4 N–H and O–H groups in total. The average Bonchev–Trinajstić information content (AvgIpc) is 2.65. The topological polar surface area (TPSA) is 98.0 Å². The Labute approximate surface area is 127 Å². The van der Waals surface area contributed by atoms with E-state index in [1.54, 1.807) is 0 Å². The molecule has 0 bridgehead atoms. The number of carboxylic acids is 1. The van der Waals surface area contributed by atoms with Crippen molar-refractivity contribution in [3.8, 4) is 0 Å². The monoisotopic (exact) mass is 296 g/mol. The summed E-state index contributed by atoms with van der Waals surface area (Å²) < 4.78 is 0. The number of aliphatic hydroxyl groups is 3. The Kier molecular flexibility index (Phi) is 8.00. The number of aliphatic hydroxyl groups excluding tert-OH is 3. The van der Waals surface area contributed by atoms with Gasteiger partial charge in [-0.2, -0.15) is 0 Å². The van der Waals surface area contributed by atoms with Crippen LogP contribution in [-0.4, -0.2) is 52.5 Å². The summed E-state index contributed by atoms with van der Waals surface area (Å²) in [6, 6.07) is -0.887. The Balaban J connectivity index is 2.38. The summed E-state index contributed by atoms with van der Waals surface area (Å²) in [6.07, 6.45) is 6.25. The Morgan fingerprint density at radius 3 is 2.52 bits per heavy atom. The normalized spacial score (nSPS) is 30.8. The average molecular weight is 296 g/mol.